The molecule has 5 heterocycles. The molecule has 2 aromatic heterocycles. The molecule has 2 saturated heterocycles. The Morgan fingerprint density at radius 2 is 2.16 bits per heavy atom. The van der Waals surface area contributed by atoms with Crippen LogP contribution in [0.5, 0.6) is 5.88 Å². The number of fused-ring (bicyclic) bond motifs is 5. The lowest BCUT2D eigenvalue weighted by atomic mass is 10.0. The molecule has 0 aromatic carbocycles. The third kappa shape index (κ3) is 1.89. The maximum Gasteiger partial charge on any atom is 0.407 e. The monoisotopic (exact) mass is 340 g/mol. The van der Waals surface area contributed by atoms with Crippen LogP contribution in [0, 0.1) is 13.8 Å². The van der Waals surface area contributed by atoms with Gasteiger partial charge in [0, 0.05) is 18.4 Å². The molecule has 3 atom stereocenters. The van der Waals surface area contributed by atoms with Gasteiger partial charge in [0.1, 0.15) is 12.4 Å². The minimum atomic E-state index is -0.828. The number of aryl methyl sites for hydroxylation is 2. The molecule has 0 spiro atoms. The van der Waals surface area contributed by atoms with E-state index in [0.29, 0.717) is 19.0 Å². The van der Waals surface area contributed by atoms with E-state index in [4.69, 9.17) is 9.72 Å². The molecule has 0 saturated carbocycles. The zero-order chi connectivity index (χ0) is 17.3. The van der Waals surface area contributed by atoms with Crippen molar-refractivity contribution in [2.75, 3.05) is 18.1 Å². The molecule has 130 valence electrons. The second kappa shape index (κ2) is 4.97. The summed E-state index contributed by atoms with van der Waals surface area (Å²) < 4.78 is 6.05. The fourth-order valence-electron chi connectivity index (χ4n) is 4.73. The first-order valence-corrected chi connectivity index (χ1v) is 8.73. The number of carboxylic acid groups (broad SMARTS) is 1. The van der Waals surface area contributed by atoms with Crippen molar-refractivity contribution < 1.29 is 14.6 Å². The molecular weight excluding hydrogens is 320 g/mol. The number of nitrogens with zero attached hydrogens (tertiary/aromatic N) is 4. The highest BCUT2D eigenvalue weighted by atomic mass is 16.5. The van der Waals surface area contributed by atoms with E-state index in [2.05, 4.69) is 16.8 Å². The topological polar surface area (TPSA) is 78.8 Å². The average molecular weight is 340 g/mol. The molecule has 7 heteroatoms. The van der Waals surface area contributed by atoms with Gasteiger partial charge in [-0.15, -0.1) is 0 Å². The van der Waals surface area contributed by atoms with E-state index >= 15 is 0 Å². The van der Waals surface area contributed by atoms with Gasteiger partial charge in [0.05, 0.1) is 23.5 Å². The fraction of sp³-hybridized carbons (Fsp3) is 0.500. The number of rotatable bonds is 0. The highest BCUT2D eigenvalue weighted by Crippen LogP contribution is 2.43. The Labute approximate surface area is 145 Å². The number of pyridine rings is 2. The predicted octanol–water partition coefficient (Wildman–Crippen LogP) is 2.34. The van der Waals surface area contributed by atoms with Crippen LogP contribution in [0.25, 0.3) is 10.8 Å². The molecule has 7 nitrogen and oxygen atoms in total. The molecule has 2 bridgehead atoms. The Kier molecular flexibility index (Phi) is 2.93. The van der Waals surface area contributed by atoms with Crippen LogP contribution < -0.4 is 9.64 Å². The van der Waals surface area contributed by atoms with Crippen LogP contribution in [0.4, 0.5) is 10.6 Å². The third-order valence-electron chi connectivity index (χ3n) is 6.04. The van der Waals surface area contributed by atoms with Crippen molar-refractivity contribution in [3.63, 3.8) is 0 Å². The summed E-state index contributed by atoms with van der Waals surface area (Å²) in [7, 11) is 0. The molecule has 3 unspecified atom stereocenters. The molecule has 1 N–H and O–H groups in total. The molecule has 0 radical (unpaired) electrons. The van der Waals surface area contributed by atoms with Crippen LogP contribution in [-0.2, 0) is 0 Å². The van der Waals surface area contributed by atoms with Crippen molar-refractivity contribution in [3.05, 3.63) is 23.5 Å². The Morgan fingerprint density at radius 1 is 1.32 bits per heavy atom. The van der Waals surface area contributed by atoms with E-state index in [-0.39, 0.29) is 18.1 Å². The van der Waals surface area contributed by atoms with E-state index in [1.54, 1.807) is 11.1 Å². The average Bonchev–Trinajstić information content (AvgIpc) is 2.83. The SMILES string of the molecule is Cc1nc2c3c(nccc3c1C)OCC1C3CCC(CN21)N3C(=O)O. The molecule has 3 aliphatic heterocycles. The summed E-state index contributed by atoms with van der Waals surface area (Å²) in [6.07, 6.45) is 2.72. The standard InChI is InChI=1S/C18H20N4O3/c1-9-10(2)20-16-15-12(9)5-6-19-17(15)25-8-14-13-4-3-11(7-21(14)16)22(13)18(23)24/h5-6,11,13-14H,3-4,7-8H2,1-2H3,(H,23,24). The summed E-state index contributed by atoms with van der Waals surface area (Å²) in [4.78, 5) is 24.9. The molecule has 1 amide bonds. The number of carbonyl (C=O) groups is 1. The Morgan fingerprint density at radius 3 is 2.96 bits per heavy atom. The van der Waals surface area contributed by atoms with Crippen molar-refractivity contribution in [2.45, 2.75) is 44.8 Å². The quantitative estimate of drug-likeness (QED) is 0.793. The molecule has 3 aliphatic rings. The van der Waals surface area contributed by atoms with Crippen LogP contribution in [0.1, 0.15) is 24.1 Å². The summed E-state index contributed by atoms with van der Waals surface area (Å²) in [5.74, 6) is 1.50. The minimum Gasteiger partial charge on any atom is -0.475 e. The van der Waals surface area contributed by atoms with Gasteiger partial charge >= 0.3 is 6.09 Å². The summed E-state index contributed by atoms with van der Waals surface area (Å²) in [6, 6.07) is 1.96. The lowest BCUT2D eigenvalue weighted by molar-refractivity contribution is 0.0908. The largest absolute Gasteiger partial charge is 0.475 e. The van der Waals surface area contributed by atoms with Crippen LogP contribution in [0.2, 0.25) is 0 Å². The van der Waals surface area contributed by atoms with E-state index in [1.807, 2.05) is 13.0 Å². The highest BCUT2D eigenvalue weighted by Gasteiger charge is 2.50. The van der Waals surface area contributed by atoms with Gasteiger partial charge in [0.2, 0.25) is 5.88 Å². The van der Waals surface area contributed by atoms with Gasteiger partial charge in [-0.05, 0) is 43.7 Å². The molecule has 25 heavy (non-hydrogen) atoms. The first kappa shape index (κ1) is 14.7. The molecule has 0 aliphatic carbocycles. The second-order valence-corrected chi connectivity index (χ2v) is 7.20. The Balaban J connectivity index is 1.71. The Bertz CT molecular complexity index is 900. The van der Waals surface area contributed by atoms with Gasteiger partial charge in [-0.2, -0.15) is 0 Å². The number of ether oxygens (including phenoxy) is 1. The van der Waals surface area contributed by atoms with Crippen LogP contribution in [0.15, 0.2) is 12.3 Å². The van der Waals surface area contributed by atoms with Crippen LogP contribution >= 0.6 is 0 Å². The van der Waals surface area contributed by atoms with Crippen molar-refractivity contribution in [3.8, 4) is 5.88 Å². The normalized spacial score (nSPS) is 27.0. The van der Waals surface area contributed by atoms with Crippen molar-refractivity contribution in [2.24, 2.45) is 0 Å². The first-order valence-electron chi connectivity index (χ1n) is 8.73. The number of amides is 1. The van der Waals surface area contributed by atoms with Gasteiger partial charge < -0.3 is 14.7 Å². The van der Waals surface area contributed by atoms with Gasteiger partial charge in [0.25, 0.3) is 0 Å². The highest BCUT2D eigenvalue weighted by molar-refractivity contribution is 5.99. The maximum absolute atomic E-state index is 11.7. The third-order valence-corrected chi connectivity index (χ3v) is 6.04. The summed E-state index contributed by atoms with van der Waals surface area (Å²) in [6.45, 7) is 5.19. The van der Waals surface area contributed by atoms with Gasteiger partial charge in [0.15, 0.2) is 0 Å². The van der Waals surface area contributed by atoms with Crippen LogP contribution in [0.3, 0.4) is 0 Å². The van der Waals surface area contributed by atoms with E-state index < -0.39 is 6.09 Å². The predicted molar refractivity (Wildman–Crippen MR) is 92.3 cm³/mol. The number of hydrogen-bond donors (Lipinski definition) is 1. The van der Waals surface area contributed by atoms with E-state index in [9.17, 15) is 9.90 Å². The fourth-order valence-corrected chi connectivity index (χ4v) is 4.73. The molecular formula is C18H20N4O3. The number of piperazine rings is 1. The number of hydrogen-bond acceptors (Lipinski definition) is 5. The lowest BCUT2D eigenvalue weighted by Gasteiger charge is -2.45. The van der Waals surface area contributed by atoms with Crippen molar-refractivity contribution in [1.82, 2.24) is 14.9 Å². The van der Waals surface area contributed by atoms with Gasteiger partial charge in [-0.1, -0.05) is 0 Å². The smallest absolute Gasteiger partial charge is 0.407 e. The zero-order valence-electron chi connectivity index (χ0n) is 14.3. The Hall–Kier alpha value is -2.57. The lowest BCUT2D eigenvalue weighted by Crippen LogP contribution is -2.62. The number of aromatic nitrogens is 2. The second-order valence-electron chi connectivity index (χ2n) is 7.20. The zero-order valence-corrected chi connectivity index (χ0v) is 14.3. The number of anilines is 1. The van der Waals surface area contributed by atoms with Crippen molar-refractivity contribution >= 4 is 22.7 Å². The van der Waals surface area contributed by atoms with Crippen LogP contribution in [-0.4, -0.2) is 57.3 Å². The molecule has 5 rings (SSSR count). The first-order chi connectivity index (χ1) is 12.1. The summed E-state index contributed by atoms with van der Waals surface area (Å²) in [5, 5.41) is 11.7. The van der Waals surface area contributed by atoms with Gasteiger partial charge in [-0.3, -0.25) is 4.90 Å². The van der Waals surface area contributed by atoms with Crippen molar-refractivity contribution in [1.29, 1.82) is 0 Å². The summed E-state index contributed by atoms with van der Waals surface area (Å²) in [5.41, 5.74) is 2.13. The maximum atomic E-state index is 11.7. The molecule has 2 fully saturated rings. The summed E-state index contributed by atoms with van der Waals surface area (Å²) >= 11 is 0. The van der Waals surface area contributed by atoms with Gasteiger partial charge in [-0.25, -0.2) is 14.8 Å². The van der Waals surface area contributed by atoms with E-state index in [0.717, 1.165) is 40.7 Å². The van der Waals surface area contributed by atoms with E-state index in [1.165, 1.54) is 0 Å². The molecule has 2 aromatic rings. The minimum absolute atomic E-state index is 0.0235.